The monoisotopic (exact) mass is 477 g/mol. The fourth-order valence-electron chi connectivity index (χ4n) is 8.84. The summed E-state index contributed by atoms with van der Waals surface area (Å²) >= 11 is 0. The lowest BCUT2D eigenvalue weighted by Gasteiger charge is -2.63. The zero-order valence-electron chi connectivity index (χ0n) is 20.4. The third kappa shape index (κ3) is 2.38. The van der Waals surface area contributed by atoms with Gasteiger partial charge in [-0.15, -0.1) is 0 Å². The summed E-state index contributed by atoms with van der Waals surface area (Å²) in [5.74, 6) is -1.36. The Morgan fingerprint density at radius 3 is 2.62 bits per heavy atom. The van der Waals surface area contributed by atoms with Crippen molar-refractivity contribution in [2.75, 3.05) is 13.2 Å². The van der Waals surface area contributed by atoms with E-state index in [-0.39, 0.29) is 37.0 Å². The van der Waals surface area contributed by atoms with Gasteiger partial charge in [0.15, 0.2) is 17.1 Å². The lowest BCUT2D eigenvalue weighted by molar-refractivity contribution is -0.266. The van der Waals surface area contributed by atoms with Crippen LogP contribution in [0.5, 0.6) is 0 Å². The smallest absolute Gasteiger partial charge is 0.413 e. The lowest BCUT2D eigenvalue weighted by atomic mass is 9.45. The molecule has 5 rings (SSSR count). The number of amides is 1. The minimum Gasteiger partial charge on any atom is -0.437 e. The number of fused-ring (bicyclic) bond motifs is 6. The Morgan fingerprint density at radius 2 is 1.97 bits per heavy atom. The van der Waals surface area contributed by atoms with E-state index in [9.17, 15) is 24.9 Å². The van der Waals surface area contributed by atoms with Crippen LogP contribution in [-0.4, -0.2) is 68.3 Å². The number of allylic oxidation sites excluding steroid dienone is 4. The highest BCUT2D eigenvalue weighted by atomic mass is 19.1. The van der Waals surface area contributed by atoms with Crippen LogP contribution in [0.15, 0.2) is 23.8 Å². The van der Waals surface area contributed by atoms with Gasteiger partial charge in [-0.05, 0) is 44.6 Å². The number of hydrogen-bond donors (Lipinski definition) is 3. The Bertz CT molecular complexity index is 998. The second-order valence-electron chi connectivity index (χ2n) is 11.6. The molecule has 188 valence electrons. The third-order valence-electron chi connectivity index (χ3n) is 10.3. The van der Waals surface area contributed by atoms with Gasteiger partial charge >= 0.3 is 6.09 Å². The van der Waals surface area contributed by atoms with E-state index in [0.29, 0.717) is 24.8 Å². The van der Waals surface area contributed by atoms with Crippen molar-refractivity contribution in [2.24, 2.45) is 28.6 Å². The molecule has 1 spiro atoms. The number of aliphatic hydroxyl groups is 3. The maximum absolute atomic E-state index is 17.3. The van der Waals surface area contributed by atoms with Crippen molar-refractivity contribution in [1.29, 1.82) is 0 Å². The van der Waals surface area contributed by atoms with E-state index in [1.165, 1.54) is 11.0 Å². The fraction of sp³-hybridized carbons (Fsp3) is 0.769. The molecule has 1 aliphatic heterocycles. The van der Waals surface area contributed by atoms with Crippen molar-refractivity contribution in [1.82, 2.24) is 4.90 Å². The summed E-state index contributed by atoms with van der Waals surface area (Å²) in [6.45, 7) is 6.89. The maximum atomic E-state index is 17.3. The van der Waals surface area contributed by atoms with Crippen molar-refractivity contribution in [3.05, 3.63) is 23.8 Å². The van der Waals surface area contributed by atoms with Crippen molar-refractivity contribution in [2.45, 2.75) is 82.9 Å². The summed E-state index contributed by atoms with van der Waals surface area (Å²) in [7, 11) is 0. The van der Waals surface area contributed by atoms with Crippen molar-refractivity contribution in [3.8, 4) is 0 Å². The average molecular weight is 478 g/mol. The molecule has 9 atom stereocenters. The molecule has 1 heterocycles. The van der Waals surface area contributed by atoms with E-state index in [1.54, 1.807) is 13.0 Å². The zero-order valence-corrected chi connectivity index (χ0v) is 20.4. The van der Waals surface area contributed by atoms with E-state index in [2.05, 4.69) is 0 Å². The predicted octanol–water partition coefficient (Wildman–Crippen LogP) is 2.89. The Hall–Kier alpha value is -1.77. The highest BCUT2D eigenvalue weighted by Gasteiger charge is 2.82. The molecule has 3 N–H and O–H groups in total. The van der Waals surface area contributed by atoms with E-state index < -0.39 is 52.5 Å². The van der Waals surface area contributed by atoms with Gasteiger partial charge in [-0.2, -0.15) is 0 Å². The van der Waals surface area contributed by atoms with Gasteiger partial charge in [0.05, 0.1) is 12.7 Å². The molecule has 5 aliphatic rings. The predicted molar refractivity (Wildman–Crippen MR) is 121 cm³/mol. The second-order valence-corrected chi connectivity index (χ2v) is 11.6. The number of nitrogens with zero attached hydrogens (tertiary/aromatic N) is 1. The van der Waals surface area contributed by atoms with Crippen LogP contribution >= 0.6 is 0 Å². The second kappa shape index (κ2) is 7.14. The number of halogens is 1. The summed E-state index contributed by atoms with van der Waals surface area (Å²) in [6.07, 6.45) is 4.40. The van der Waals surface area contributed by atoms with Crippen LogP contribution in [0.2, 0.25) is 0 Å². The first-order chi connectivity index (χ1) is 15.9. The van der Waals surface area contributed by atoms with Crippen LogP contribution in [0.1, 0.15) is 59.8 Å². The maximum Gasteiger partial charge on any atom is 0.413 e. The molecule has 4 aliphatic carbocycles. The number of rotatable bonds is 3. The molecule has 0 aromatic heterocycles. The van der Waals surface area contributed by atoms with Gasteiger partial charge in [-0.25, -0.2) is 9.18 Å². The summed E-state index contributed by atoms with van der Waals surface area (Å²) in [5.41, 5.74) is -6.86. The van der Waals surface area contributed by atoms with Crippen LogP contribution < -0.4 is 0 Å². The molecular formula is C26H36FNO6. The number of hydrogen-bond acceptors (Lipinski definition) is 6. The Morgan fingerprint density at radius 1 is 1.26 bits per heavy atom. The van der Waals surface area contributed by atoms with Crippen molar-refractivity contribution < 1.29 is 34.0 Å². The molecule has 3 fully saturated rings. The summed E-state index contributed by atoms with van der Waals surface area (Å²) in [5, 5.41) is 33.9. The standard InChI is InChI=1S/C26H36FNO6/c1-5-10-28-21(32)34-26(24(28,33)14-29)15(2)11-19-18-7-6-16-12-17(30)8-9-22(16,3)25(18,27)20(31)13-23(19,26)4/h6,8-9,15,18-20,29,31,33H,5,7,10-14H2,1-4H3/t15-,18-,19-,20-,22-,23-,24?,25-,26+/m0/s1. The number of ether oxygens (including phenoxy) is 1. The van der Waals surface area contributed by atoms with Gasteiger partial charge < -0.3 is 20.1 Å². The molecule has 7 nitrogen and oxygen atoms in total. The Kier molecular flexibility index (Phi) is 5.03. The largest absolute Gasteiger partial charge is 0.437 e. The minimum absolute atomic E-state index is 0.0325. The van der Waals surface area contributed by atoms with Crippen LogP contribution in [0.4, 0.5) is 9.18 Å². The molecule has 8 heteroatoms. The van der Waals surface area contributed by atoms with Gasteiger partial charge in [-0.3, -0.25) is 9.69 Å². The third-order valence-corrected chi connectivity index (χ3v) is 10.3. The average Bonchev–Trinajstić information content (AvgIpc) is 3.14. The molecule has 0 radical (unpaired) electrons. The highest BCUT2D eigenvalue weighted by molar-refractivity contribution is 5.93. The van der Waals surface area contributed by atoms with Gasteiger partial charge in [0.2, 0.25) is 5.72 Å². The number of carbonyl (C=O) groups excluding carboxylic acids is 2. The first kappa shape index (κ1) is 23.9. The summed E-state index contributed by atoms with van der Waals surface area (Å²) in [4.78, 5) is 26.3. The highest BCUT2D eigenvalue weighted by Crippen LogP contribution is 2.73. The van der Waals surface area contributed by atoms with E-state index in [1.807, 2.05) is 26.8 Å². The minimum atomic E-state index is -2.01. The molecule has 2 saturated carbocycles. The summed E-state index contributed by atoms with van der Waals surface area (Å²) < 4.78 is 23.4. The number of carbonyl (C=O) groups is 2. The molecule has 0 bridgehead atoms. The van der Waals surface area contributed by atoms with Crippen LogP contribution in [0.25, 0.3) is 0 Å². The Labute approximate surface area is 199 Å². The van der Waals surface area contributed by atoms with E-state index in [4.69, 9.17) is 4.74 Å². The normalized spacial score (nSPS) is 51.8. The topological polar surface area (TPSA) is 107 Å². The van der Waals surface area contributed by atoms with Crippen LogP contribution in [0, 0.1) is 28.6 Å². The van der Waals surface area contributed by atoms with Gasteiger partial charge in [0, 0.05) is 35.6 Å². The van der Waals surface area contributed by atoms with Crippen LogP contribution in [0.3, 0.4) is 0 Å². The number of alkyl halides is 1. The van der Waals surface area contributed by atoms with Crippen molar-refractivity contribution >= 4 is 11.9 Å². The number of aliphatic hydroxyl groups excluding tert-OH is 2. The van der Waals surface area contributed by atoms with Crippen LogP contribution in [-0.2, 0) is 9.53 Å². The first-order valence-electron chi connectivity index (χ1n) is 12.5. The summed E-state index contributed by atoms with van der Waals surface area (Å²) in [6, 6.07) is 0. The molecule has 1 saturated heterocycles. The molecule has 0 aromatic carbocycles. The lowest BCUT2D eigenvalue weighted by Crippen LogP contribution is -2.73. The zero-order chi connectivity index (χ0) is 24.9. The van der Waals surface area contributed by atoms with E-state index in [0.717, 1.165) is 0 Å². The Balaban J connectivity index is 1.65. The molecular weight excluding hydrogens is 441 g/mol. The van der Waals surface area contributed by atoms with E-state index >= 15 is 4.39 Å². The number of ketones is 1. The van der Waals surface area contributed by atoms with Gasteiger partial charge in [0.25, 0.3) is 0 Å². The van der Waals surface area contributed by atoms with Gasteiger partial charge in [-0.1, -0.05) is 38.5 Å². The van der Waals surface area contributed by atoms with Crippen molar-refractivity contribution in [3.63, 3.8) is 0 Å². The first-order valence-corrected chi connectivity index (χ1v) is 12.5. The quantitative estimate of drug-likeness (QED) is 0.540. The van der Waals surface area contributed by atoms with Gasteiger partial charge in [0.1, 0.15) is 0 Å². The molecule has 0 aromatic rings. The molecule has 1 unspecified atom stereocenters. The molecule has 34 heavy (non-hydrogen) atoms. The fourth-order valence-corrected chi connectivity index (χ4v) is 8.84. The molecule has 1 amide bonds. The SMILES string of the molecule is CCCN1C(=O)O[C@@]2([C@@H](C)C[C@H]3[C@@H]4CC=C5CC(=O)C=C[C@]5(C)[C@@]4(F)[C@@H](O)C[C@@]32C)C1(O)CO.